The lowest BCUT2D eigenvalue weighted by molar-refractivity contribution is -0.117. The van der Waals surface area contributed by atoms with Crippen molar-refractivity contribution >= 4 is 45.7 Å². The highest BCUT2D eigenvalue weighted by atomic mass is 32.1. The highest BCUT2D eigenvalue weighted by Crippen LogP contribution is 2.39. The average molecular weight is 473 g/mol. The van der Waals surface area contributed by atoms with E-state index in [1.807, 2.05) is 6.07 Å². The molecule has 1 aliphatic rings. The number of hydrogen-bond donors (Lipinski definition) is 1. The smallest absolute Gasteiger partial charge is 0.354 e. The van der Waals surface area contributed by atoms with E-state index in [4.69, 9.17) is 5.26 Å². The van der Waals surface area contributed by atoms with E-state index in [9.17, 15) is 23.9 Å². The van der Waals surface area contributed by atoms with Crippen molar-refractivity contribution < 1.29 is 23.9 Å². The summed E-state index contributed by atoms with van der Waals surface area (Å²) in [5, 5.41) is 22.9. The highest BCUT2D eigenvalue weighted by molar-refractivity contribution is 7.08. The number of aromatic carboxylic acids is 1. The fourth-order valence-electron chi connectivity index (χ4n) is 4.29. The first kappa shape index (κ1) is 21.6. The summed E-state index contributed by atoms with van der Waals surface area (Å²) in [7, 11) is 0. The van der Waals surface area contributed by atoms with E-state index in [1.165, 1.54) is 22.0 Å². The normalized spacial score (nSPS) is 13.2. The molecule has 168 valence electrons. The van der Waals surface area contributed by atoms with Gasteiger partial charge in [0.1, 0.15) is 6.67 Å². The van der Waals surface area contributed by atoms with E-state index < -0.39 is 24.5 Å². The van der Waals surface area contributed by atoms with Crippen LogP contribution in [0.5, 0.6) is 0 Å². The number of aromatic nitrogens is 1. The number of fused-ring (bicyclic) bond motifs is 2. The fraction of sp³-hybridized carbons (Fsp3) is 0.120. The molecule has 0 radical (unpaired) electrons. The Bertz CT molecular complexity index is 1530. The third-order valence-electron chi connectivity index (χ3n) is 5.87. The van der Waals surface area contributed by atoms with E-state index in [-0.39, 0.29) is 24.3 Å². The van der Waals surface area contributed by atoms with Crippen molar-refractivity contribution in [2.24, 2.45) is 0 Å². The van der Waals surface area contributed by atoms with Gasteiger partial charge in [-0.2, -0.15) is 16.6 Å². The van der Waals surface area contributed by atoms with Crippen LogP contribution in [0.1, 0.15) is 43.1 Å². The van der Waals surface area contributed by atoms with Gasteiger partial charge in [0.2, 0.25) is 5.91 Å². The van der Waals surface area contributed by atoms with Gasteiger partial charge < -0.3 is 9.67 Å². The standard InChI is InChI=1S/C25H16FN3O4S/c26-9-16-5-6-20-18(7-16)22(29-21(30)8-17-12-34-13-19(17)24(29)31)23(25(32)33)28(20)11-15-3-1-14(10-27)2-4-15/h1-7,12-13H,8-9,11H2,(H,32,33). The molecule has 7 nitrogen and oxygen atoms in total. The van der Waals surface area contributed by atoms with Crippen molar-refractivity contribution in [1.29, 1.82) is 5.26 Å². The van der Waals surface area contributed by atoms with Gasteiger partial charge in [-0.1, -0.05) is 18.2 Å². The number of nitrogens with zero attached hydrogens (tertiary/aromatic N) is 3. The molecule has 0 aliphatic carbocycles. The molecule has 0 saturated heterocycles. The van der Waals surface area contributed by atoms with E-state index >= 15 is 0 Å². The minimum Gasteiger partial charge on any atom is -0.477 e. The van der Waals surface area contributed by atoms with Gasteiger partial charge in [0, 0.05) is 17.3 Å². The first-order valence-electron chi connectivity index (χ1n) is 10.3. The second-order valence-corrected chi connectivity index (χ2v) is 8.65. The van der Waals surface area contributed by atoms with Gasteiger partial charge in [0.15, 0.2) is 5.69 Å². The highest BCUT2D eigenvalue weighted by Gasteiger charge is 2.38. The number of anilines is 1. The zero-order chi connectivity index (χ0) is 24.0. The van der Waals surface area contributed by atoms with E-state index in [1.54, 1.807) is 47.2 Å². The average Bonchev–Trinajstić information content (AvgIpc) is 3.42. The Hall–Kier alpha value is -4.29. The Balaban J connectivity index is 1.76. The molecule has 0 unspecified atom stereocenters. The maximum absolute atomic E-state index is 13.5. The lowest BCUT2D eigenvalue weighted by atomic mass is 10.0. The number of imide groups is 1. The Morgan fingerprint density at radius 3 is 2.53 bits per heavy atom. The number of carbonyl (C=O) groups is 3. The van der Waals surface area contributed by atoms with Gasteiger partial charge in [0.05, 0.1) is 34.8 Å². The number of carboxylic acid groups (broad SMARTS) is 1. The first-order valence-corrected chi connectivity index (χ1v) is 11.2. The second-order valence-electron chi connectivity index (χ2n) is 7.90. The molecule has 0 atom stereocenters. The molecule has 2 aromatic heterocycles. The SMILES string of the molecule is N#Cc1ccc(Cn2c(C(=O)O)c(N3C(=O)Cc4cscc4C3=O)c3cc(CF)ccc32)cc1. The Labute approximate surface area is 196 Å². The van der Waals surface area contributed by atoms with Gasteiger partial charge >= 0.3 is 5.97 Å². The molecule has 5 rings (SSSR count). The Morgan fingerprint density at radius 1 is 1.12 bits per heavy atom. The predicted molar refractivity (Wildman–Crippen MR) is 124 cm³/mol. The third-order valence-corrected chi connectivity index (χ3v) is 6.66. The molecule has 3 heterocycles. The van der Waals surface area contributed by atoms with E-state index in [2.05, 4.69) is 0 Å². The predicted octanol–water partition coefficient (Wildman–Crippen LogP) is 4.52. The number of carbonyl (C=O) groups excluding carboxylic acids is 2. The van der Waals surface area contributed by atoms with Crippen LogP contribution in [-0.2, 0) is 24.4 Å². The lowest BCUT2D eigenvalue weighted by Gasteiger charge is -2.25. The largest absolute Gasteiger partial charge is 0.477 e. The number of alkyl halides is 1. The van der Waals surface area contributed by atoms with Crippen molar-refractivity contribution in [3.8, 4) is 6.07 Å². The van der Waals surface area contributed by atoms with Crippen molar-refractivity contribution in [2.45, 2.75) is 19.6 Å². The number of nitriles is 1. The van der Waals surface area contributed by atoms with Crippen LogP contribution in [0, 0.1) is 11.3 Å². The van der Waals surface area contributed by atoms with Crippen LogP contribution < -0.4 is 4.90 Å². The molecule has 1 aliphatic heterocycles. The van der Waals surface area contributed by atoms with E-state index in [0.29, 0.717) is 33.2 Å². The molecular formula is C25H16FN3O4S. The fourth-order valence-corrected chi connectivity index (χ4v) is 5.12. The first-order chi connectivity index (χ1) is 16.4. The summed E-state index contributed by atoms with van der Waals surface area (Å²) in [6.45, 7) is -0.673. The quantitative estimate of drug-likeness (QED) is 0.429. The van der Waals surface area contributed by atoms with Crippen LogP contribution in [0.4, 0.5) is 10.1 Å². The van der Waals surface area contributed by atoms with Gasteiger partial charge in [-0.3, -0.25) is 9.59 Å². The third kappa shape index (κ3) is 3.36. The number of rotatable bonds is 5. The van der Waals surface area contributed by atoms with Crippen molar-refractivity contribution in [1.82, 2.24) is 4.57 Å². The van der Waals surface area contributed by atoms with Crippen LogP contribution >= 0.6 is 11.3 Å². The summed E-state index contributed by atoms with van der Waals surface area (Å²) >= 11 is 1.29. The molecule has 1 N–H and O–H groups in total. The van der Waals surface area contributed by atoms with Crippen molar-refractivity contribution in [2.75, 3.05) is 4.90 Å². The number of thiophene rings is 1. The summed E-state index contributed by atoms with van der Waals surface area (Å²) in [6.07, 6.45) is -0.0330. The summed E-state index contributed by atoms with van der Waals surface area (Å²) < 4.78 is 15.0. The Morgan fingerprint density at radius 2 is 1.85 bits per heavy atom. The number of hydrogen-bond acceptors (Lipinski definition) is 5. The molecule has 9 heteroatoms. The number of amides is 2. The van der Waals surface area contributed by atoms with Crippen LogP contribution in [0.3, 0.4) is 0 Å². The van der Waals surface area contributed by atoms with Crippen LogP contribution in [-0.4, -0.2) is 27.5 Å². The zero-order valence-electron chi connectivity index (χ0n) is 17.6. The van der Waals surface area contributed by atoms with Crippen LogP contribution in [0.2, 0.25) is 0 Å². The number of halogens is 1. The monoisotopic (exact) mass is 473 g/mol. The van der Waals surface area contributed by atoms with Gasteiger partial charge in [-0.25, -0.2) is 14.1 Å². The number of carboxylic acids is 1. The van der Waals surface area contributed by atoms with Crippen molar-refractivity contribution in [3.63, 3.8) is 0 Å². The maximum atomic E-state index is 13.5. The molecule has 0 fully saturated rings. The minimum atomic E-state index is -1.32. The van der Waals surface area contributed by atoms with Crippen LogP contribution in [0.15, 0.2) is 53.2 Å². The van der Waals surface area contributed by atoms with E-state index in [0.717, 1.165) is 10.5 Å². The molecule has 0 saturated carbocycles. The molecule has 2 amide bonds. The molecule has 0 spiro atoms. The molecule has 2 aromatic carbocycles. The van der Waals surface area contributed by atoms with Gasteiger partial charge in [-0.15, -0.1) is 0 Å². The zero-order valence-corrected chi connectivity index (χ0v) is 18.4. The molecule has 0 bridgehead atoms. The molecular weight excluding hydrogens is 457 g/mol. The van der Waals surface area contributed by atoms with Gasteiger partial charge in [0.25, 0.3) is 5.91 Å². The Kier molecular flexibility index (Phi) is 5.23. The lowest BCUT2D eigenvalue weighted by Crippen LogP contribution is -2.42. The molecule has 34 heavy (non-hydrogen) atoms. The topological polar surface area (TPSA) is 103 Å². The maximum Gasteiger partial charge on any atom is 0.354 e. The molecule has 4 aromatic rings. The second kappa shape index (κ2) is 8.24. The van der Waals surface area contributed by atoms with Gasteiger partial charge in [-0.05, 0) is 46.3 Å². The summed E-state index contributed by atoms with van der Waals surface area (Å²) in [5.41, 5.74) is 2.60. The summed E-state index contributed by atoms with van der Waals surface area (Å²) in [5.74, 6) is -2.46. The van der Waals surface area contributed by atoms with Crippen LogP contribution in [0.25, 0.3) is 10.9 Å². The number of benzene rings is 2. The summed E-state index contributed by atoms with van der Waals surface area (Å²) in [4.78, 5) is 39.8. The minimum absolute atomic E-state index is 0.0330. The van der Waals surface area contributed by atoms with Crippen molar-refractivity contribution in [3.05, 3.63) is 86.7 Å². The summed E-state index contributed by atoms with van der Waals surface area (Å²) in [6, 6.07) is 13.3.